The van der Waals surface area contributed by atoms with Gasteiger partial charge in [-0.15, -0.1) is 10.2 Å². The Labute approximate surface area is 114 Å². The molecule has 0 bridgehead atoms. The van der Waals surface area contributed by atoms with E-state index in [2.05, 4.69) is 20.4 Å². The van der Waals surface area contributed by atoms with Crippen molar-refractivity contribution < 1.29 is 4.79 Å². The summed E-state index contributed by atoms with van der Waals surface area (Å²) in [6, 6.07) is 1.89. The number of amides is 2. The maximum absolute atomic E-state index is 11.5. The average molecular weight is 288 g/mol. The molecule has 0 saturated carbocycles. The van der Waals surface area contributed by atoms with Crippen molar-refractivity contribution in [1.82, 2.24) is 20.4 Å². The van der Waals surface area contributed by atoms with Crippen molar-refractivity contribution in [2.24, 2.45) is 0 Å². The van der Waals surface area contributed by atoms with Crippen molar-refractivity contribution in [2.45, 2.75) is 6.04 Å². The molecule has 2 aliphatic rings. The van der Waals surface area contributed by atoms with Crippen LogP contribution in [0, 0.1) is 0 Å². The second kappa shape index (κ2) is 4.44. The van der Waals surface area contributed by atoms with Crippen LogP contribution in [0.4, 0.5) is 10.5 Å². The summed E-state index contributed by atoms with van der Waals surface area (Å²) in [7, 11) is 0. The molecule has 1 unspecified atom stereocenters. The number of hydrogen-bond donors (Lipinski definition) is 1. The topological polar surface area (TPSA) is 61.4 Å². The normalized spacial score (nSPS) is 23.0. The van der Waals surface area contributed by atoms with E-state index in [4.69, 9.17) is 23.2 Å². The highest BCUT2D eigenvalue weighted by Crippen LogP contribution is 2.28. The van der Waals surface area contributed by atoms with E-state index in [9.17, 15) is 4.79 Å². The molecule has 1 aromatic heterocycles. The van der Waals surface area contributed by atoms with Crippen LogP contribution in [-0.2, 0) is 0 Å². The number of rotatable bonds is 1. The molecule has 1 N–H and O–H groups in total. The Morgan fingerprint density at radius 3 is 3.00 bits per heavy atom. The molecular formula is C10H11Cl2N5O. The van der Waals surface area contributed by atoms with Crippen molar-refractivity contribution in [2.75, 3.05) is 31.1 Å². The molecule has 1 atom stereocenters. The first-order chi connectivity index (χ1) is 8.65. The first-order valence-corrected chi connectivity index (χ1v) is 6.39. The van der Waals surface area contributed by atoms with E-state index in [0.29, 0.717) is 29.9 Å². The molecule has 2 aliphatic heterocycles. The number of fused-ring (bicyclic) bond motifs is 1. The highest BCUT2D eigenvalue weighted by Gasteiger charge is 2.36. The van der Waals surface area contributed by atoms with Crippen LogP contribution < -0.4 is 10.2 Å². The van der Waals surface area contributed by atoms with Gasteiger partial charge in [0.1, 0.15) is 0 Å². The molecule has 8 heteroatoms. The number of halogens is 2. The number of urea groups is 1. The monoisotopic (exact) mass is 287 g/mol. The highest BCUT2D eigenvalue weighted by atomic mass is 35.5. The smallest absolute Gasteiger partial charge is 0.317 e. The molecule has 3 rings (SSSR count). The molecular weight excluding hydrogens is 277 g/mol. The zero-order chi connectivity index (χ0) is 12.7. The summed E-state index contributed by atoms with van der Waals surface area (Å²) in [5.74, 6) is 0. The van der Waals surface area contributed by atoms with Gasteiger partial charge in [0.05, 0.1) is 11.7 Å². The second-order valence-corrected chi connectivity index (χ2v) is 5.07. The van der Waals surface area contributed by atoms with Crippen LogP contribution in [-0.4, -0.2) is 53.3 Å². The van der Waals surface area contributed by atoms with Crippen LogP contribution in [0.3, 0.4) is 0 Å². The predicted molar refractivity (Wildman–Crippen MR) is 68.2 cm³/mol. The van der Waals surface area contributed by atoms with E-state index < -0.39 is 0 Å². The molecule has 0 radical (unpaired) electrons. The lowest BCUT2D eigenvalue weighted by Crippen LogP contribution is -2.52. The molecule has 96 valence electrons. The van der Waals surface area contributed by atoms with Crippen LogP contribution >= 0.6 is 23.2 Å². The second-order valence-electron chi connectivity index (χ2n) is 4.32. The maximum atomic E-state index is 11.5. The lowest BCUT2D eigenvalue weighted by Gasteiger charge is -2.37. The Kier molecular flexibility index (Phi) is 2.91. The SMILES string of the molecule is O=C1NCC2CN(c3cc(Cl)nnc3Cl)CCN12. The first-order valence-electron chi connectivity index (χ1n) is 5.63. The molecule has 18 heavy (non-hydrogen) atoms. The number of carbonyl (C=O) groups excluding carboxylic acids is 1. The number of carbonyl (C=O) groups is 1. The van der Waals surface area contributed by atoms with Gasteiger partial charge in [0.15, 0.2) is 10.3 Å². The first kappa shape index (κ1) is 11.8. The van der Waals surface area contributed by atoms with Gasteiger partial charge in [0, 0.05) is 32.2 Å². The Morgan fingerprint density at radius 1 is 1.33 bits per heavy atom. The third-order valence-electron chi connectivity index (χ3n) is 3.27. The van der Waals surface area contributed by atoms with Gasteiger partial charge in [-0.05, 0) is 0 Å². The average Bonchev–Trinajstić information content (AvgIpc) is 2.74. The van der Waals surface area contributed by atoms with E-state index in [1.54, 1.807) is 6.07 Å². The number of anilines is 1. The largest absolute Gasteiger partial charge is 0.365 e. The van der Waals surface area contributed by atoms with E-state index >= 15 is 0 Å². The van der Waals surface area contributed by atoms with Gasteiger partial charge in [-0.2, -0.15) is 0 Å². The van der Waals surface area contributed by atoms with Gasteiger partial charge >= 0.3 is 6.03 Å². The van der Waals surface area contributed by atoms with Gasteiger partial charge in [-0.25, -0.2) is 4.79 Å². The van der Waals surface area contributed by atoms with Gasteiger partial charge in [-0.3, -0.25) is 0 Å². The fourth-order valence-corrected chi connectivity index (χ4v) is 2.74. The van der Waals surface area contributed by atoms with E-state index in [-0.39, 0.29) is 12.1 Å². The maximum Gasteiger partial charge on any atom is 0.317 e. The molecule has 2 amide bonds. The third kappa shape index (κ3) is 1.95. The Hall–Kier alpha value is -1.27. The van der Waals surface area contributed by atoms with Crippen molar-refractivity contribution in [1.29, 1.82) is 0 Å². The molecule has 0 aliphatic carbocycles. The Bertz CT molecular complexity index is 497. The van der Waals surface area contributed by atoms with E-state index in [1.807, 2.05) is 4.90 Å². The quantitative estimate of drug-likeness (QED) is 0.837. The summed E-state index contributed by atoms with van der Waals surface area (Å²) in [5, 5.41) is 11.0. The van der Waals surface area contributed by atoms with Crippen molar-refractivity contribution >= 4 is 34.9 Å². The number of piperazine rings is 1. The third-order valence-corrected chi connectivity index (χ3v) is 3.73. The molecule has 2 fully saturated rings. The lowest BCUT2D eigenvalue weighted by molar-refractivity contribution is 0.197. The van der Waals surface area contributed by atoms with Crippen LogP contribution in [0.2, 0.25) is 10.3 Å². The Morgan fingerprint density at radius 2 is 2.17 bits per heavy atom. The molecule has 2 saturated heterocycles. The van der Waals surface area contributed by atoms with E-state index in [1.165, 1.54) is 0 Å². The van der Waals surface area contributed by atoms with Crippen LogP contribution in [0.1, 0.15) is 0 Å². The zero-order valence-electron chi connectivity index (χ0n) is 9.44. The van der Waals surface area contributed by atoms with Gasteiger partial charge in [0.25, 0.3) is 0 Å². The van der Waals surface area contributed by atoms with Gasteiger partial charge in [-0.1, -0.05) is 23.2 Å². The van der Waals surface area contributed by atoms with Crippen molar-refractivity contribution in [3.05, 3.63) is 16.4 Å². The summed E-state index contributed by atoms with van der Waals surface area (Å²) < 4.78 is 0. The number of hydrogen-bond acceptors (Lipinski definition) is 4. The van der Waals surface area contributed by atoms with Gasteiger partial charge < -0.3 is 15.1 Å². The summed E-state index contributed by atoms with van der Waals surface area (Å²) in [6.45, 7) is 2.78. The summed E-state index contributed by atoms with van der Waals surface area (Å²) in [5.41, 5.74) is 0.774. The molecule has 0 aromatic carbocycles. The predicted octanol–water partition coefficient (Wildman–Crippen LogP) is 0.997. The fourth-order valence-electron chi connectivity index (χ4n) is 2.39. The minimum absolute atomic E-state index is 0.0108. The minimum atomic E-state index is 0.0108. The lowest BCUT2D eigenvalue weighted by atomic mass is 10.2. The fraction of sp³-hybridized carbons (Fsp3) is 0.500. The summed E-state index contributed by atoms with van der Waals surface area (Å²) >= 11 is 11.9. The number of nitrogens with zero attached hydrogens (tertiary/aromatic N) is 4. The summed E-state index contributed by atoms with van der Waals surface area (Å²) in [6.07, 6.45) is 0. The Balaban J connectivity index is 1.82. The number of aromatic nitrogens is 2. The summed E-state index contributed by atoms with van der Waals surface area (Å²) in [4.78, 5) is 15.4. The molecule has 3 heterocycles. The van der Waals surface area contributed by atoms with Crippen LogP contribution in [0.15, 0.2) is 6.07 Å². The molecule has 0 spiro atoms. The van der Waals surface area contributed by atoms with Crippen LogP contribution in [0.5, 0.6) is 0 Å². The minimum Gasteiger partial charge on any atom is -0.365 e. The molecule has 1 aromatic rings. The zero-order valence-corrected chi connectivity index (χ0v) is 10.9. The van der Waals surface area contributed by atoms with Gasteiger partial charge in [0.2, 0.25) is 0 Å². The standard InChI is InChI=1S/C10H11Cl2N5O/c11-8-3-7(9(12)15-14-8)16-1-2-17-6(5-16)4-13-10(17)18/h3,6H,1-2,4-5H2,(H,13,18). The van der Waals surface area contributed by atoms with Crippen molar-refractivity contribution in [3.63, 3.8) is 0 Å². The van der Waals surface area contributed by atoms with E-state index in [0.717, 1.165) is 12.2 Å². The molecule has 6 nitrogen and oxygen atoms in total. The van der Waals surface area contributed by atoms with Crippen LogP contribution in [0.25, 0.3) is 0 Å². The van der Waals surface area contributed by atoms with Crippen molar-refractivity contribution in [3.8, 4) is 0 Å². The number of nitrogens with one attached hydrogen (secondary N) is 1. The highest BCUT2D eigenvalue weighted by molar-refractivity contribution is 6.33.